The molecule has 0 bridgehead atoms. The smallest absolute Gasteiger partial charge is 0.272 e. The van der Waals surface area contributed by atoms with E-state index in [1.165, 1.54) is 17.9 Å². The molecule has 7 heteroatoms. The minimum absolute atomic E-state index is 0.0762. The average molecular weight is 350 g/mol. The summed E-state index contributed by atoms with van der Waals surface area (Å²) in [6, 6.07) is 0.753. The van der Waals surface area contributed by atoms with Gasteiger partial charge in [-0.1, -0.05) is 0 Å². The summed E-state index contributed by atoms with van der Waals surface area (Å²) in [5, 5.41) is 0. The third-order valence-corrected chi connectivity index (χ3v) is 6.85. The Kier molecular flexibility index (Phi) is 4.58. The predicted octanol–water partition coefficient (Wildman–Crippen LogP) is 1.23. The predicted molar refractivity (Wildman–Crippen MR) is 94.3 cm³/mol. The Morgan fingerprint density at radius 1 is 1.38 bits per heavy atom. The van der Waals surface area contributed by atoms with E-state index in [1.54, 1.807) is 17.1 Å². The van der Waals surface area contributed by atoms with Crippen LogP contribution in [0.25, 0.3) is 0 Å². The van der Waals surface area contributed by atoms with Crippen LogP contribution in [0.4, 0.5) is 0 Å². The number of rotatable bonds is 2. The van der Waals surface area contributed by atoms with E-state index in [1.807, 2.05) is 11.9 Å². The Morgan fingerprint density at radius 2 is 2.21 bits per heavy atom. The molecule has 3 aliphatic rings. The zero-order valence-electron chi connectivity index (χ0n) is 14.3. The molecule has 1 unspecified atom stereocenters. The molecular formula is C17H26N4O2S. The van der Waals surface area contributed by atoms with Gasteiger partial charge in [0.2, 0.25) is 0 Å². The lowest BCUT2D eigenvalue weighted by molar-refractivity contribution is -0.129. The van der Waals surface area contributed by atoms with E-state index >= 15 is 0 Å². The highest BCUT2D eigenvalue weighted by Crippen LogP contribution is 2.33. The number of aryl methyl sites for hydroxylation is 1. The van der Waals surface area contributed by atoms with E-state index in [9.17, 15) is 4.79 Å². The zero-order valence-corrected chi connectivity index (χ0v) is 15.1. The number of piperidine rings is 1. The maximum Gasteiger partial charge on any atom is 0.272 e. The van der Waals surface area contributed by atoms with Gasteiger partial charge in [-0.2, -0.15) is 11.8 Å². The molecule has 6 nitrogen and oxygen atoms in total. The monoisotopic (exact) mass is 350 g/mol. The number of nitrogens with zero attached hydrogens (tertiary/aromatic N) is 4. The van der Waals surface area contributed by atoms with E-state index < -0.39 is 0 Å². The molecule has 1 aromatic heterocycles. The van der Waals surface area contributed by atoms with Crippen LogP contribution in [0, 0.1) is 0 Å². The number of carbonyl (C=O) groups is 1. The van der Waals surface area contributed by atoms with Crippen molar-refractivity contribution in [1.82, 2.24) is 19.4 Å². The topological polar surface area (TPSA) is 50.6 Å². The number of amides is 1. The molecule has 1 atom stereocenters. The van der Waals surface area contributed by atoms with Crippen LogP contribution in [-0.4, -0.2) is 81.2 Å². The molecule has 3 aliphatic heterocycles. The summed E-state index contributed by atoms with van der Waals surface area (Å²) in [7, 11) is 1.87. The molecule has 3 fully saturated rings. The number of ether oxygens (including phenoxy) is 1. The summed E-state index contributed by atoms with van der Waals surface area (Å²) in [5.41, 5.74) is 0.516. The van der Waals surface area contributed by atoms with Crippen LogP contribution >= 0.6 is 11.8 Å². The Bertz CT molecular complexity index is 591. The van der Waals surface area contributed by atoms with Gasteiger partial charge in [0.25, 0.3) is 5.91 Å². The first kappa shape index (κ1) is 16.4. The van der Waals surface area contributed by atoms with Crippen LogP contribution in [0.2, 0.25) is 0 Å². The molecule has 1 aromatic rings. The molecule has 132 valence electrons. The van der Waals surface area contributed by atoms with Crippen molar-refractivity contribution in [2.75, 3.05) is 44.3 Å². The van der Waals surface area contributed by atoms with E-state index in [2.05, 4.69) is 21.6 Å². The second-order valence-corrected chi connectivity index (χ2v) is 8.35. The van der Waals surface area contributed by atoms with Crippen molar-refractivity contribution < 1.29 is 9.53 Å². The van der Waals surface area contributed by atoms with Crippen LogP contribution in [0.15, 0.2) is 12.5 Å². The first-order chi connectivity index (χ1) is 11.7. The summed E-state index contributed by atoms with van der Waals surface area (Å²) in [6.45, 7) is 4.22. The van der Waals surface area contributed by atoms with Crippen molar-refractivity contribution in [2.45, 2.75) is 30.9 Å². The van der Waals surface area contributed by atoms with Gasteiger partial charge in [0, 0.05) is 38.5 Å². The molecule has 4 heterocycles. The molecule has 0 aliphatic carbocycles. The molecule has 24 heavy (non-hydrogen) atoms. The number of imidazole rings is 1. The van der Waals surface area contributed by atoms with E-state index in [0.29, 0.717) is 25.4 Å². The summed E-state index contributed by atoms with van der Waals surface area (Å²) >= 11 is 2.07. The summed E-state index contributed by atoms with van der Waals surface area (Å²) < 4.78 is 7.99. The van der Waals surface area contributed by atoms with Crippen molar-refractivity contribution in [3.05, 3.63) is 18.2 Å². The fourth-order valence-corrected chi connectivity index (χ4v) is 5.41. The van der Waals surface area contributed by atoms with Gasteiger partial charge in [-0.15, -0.1) is 0 Å². The number of carbonyl (C=O) groups excluding carboxylic acids is 1. The quantitative estimate of drug-likeness (QED) is 0.803. The molecular weight excluding hydrogens is 324 g/mol. The normalized spacial score (nSPS) is 27.7. The maximum atomic E-state index is 12.8. The van der Waals surface area contributed by atoms with E-state index in [4.69, 9.17) is 4.74 Å². The Labute approximate surface area is 147 Å². The lowest BCUT2D eigenvalue weighted by atomic mass is 9.88. The van der Waals surface area contributed by atoms with Crippen LogP contribution < -0.4 is 0 Å². The number of thioether (sulfide) groups is 1. The molecule has 1 spiro atoms. The van der Waals surface area contributed by atoms with E-state index in [-0.39, 0.29) is 11.5 Å². The molecule has 1 amide bonds. The summed E-state index contributed by atoms with van der Waals surface area (Å²) in [6.07, 6.45) is 6.72. The number of morpholine rings is 1. The third-order valence-electron chi connectivity index (χ3n) is 5.70. The highest BCUT2D eigenvalue weighted by Gasteiger charge is 2.42. The third kappa shape index (κ3) is 3.09. The average Bonchev–Trinajstić information content (AvgIpc) is 3.27. The van der Waals surface area contributed by atoms with Crippen molar-refractivity contribution in [3.63, 3.8) is 0 Å². The Balaban J connectivity index is 1.40. The highest BCUT2D eigenvalue weighted by atomic mass is 32.2. The van der Waals surface area contributed by atoms with Crippen molar-refractivity contribution >= 4 is 17.7 Å². The first-order valence-electron chi connectivity index (χ1n) is 8.88. The van der Waals surface area contributed by atoms with Gasteiger partial charge in [0.1, 0.15) is 5.69 Å². The summed E-state index contributed by atoms with van der Waals surface area (Å²) in [4.78, 5) is 21.4. The fourth-order valence-electron chi connectivity index (χ4n) is 4.15. The van der Waals surface area contributed by atoms with Gasteiger partial charge in [0.15, 0.2) is 0 Å². The molecule has 0 N–H and O–H groups in total. The molecule has 3 saturated heterocycles. The number of hydrogen-bond donors (Lipinski definition) is 0. The number of hydrogen-bond acceptors (Lipinski definition) is 5. The zero-order chi connectivity index (χ0) is 16.6. The molecule has 0 saturated carbocycles. The Hall–Kier alpha value is -1.05. The maximum absolute atomic E-state index is 12.8. The van der Waals surface area contributed by atoms with Crippen molar-refractivity contribution in [3.8, 4) is 0 Å². The lowest BCUT2D eigenvalue weighted by Gasteiger charge is -2.48. The molecule has 0 aromatic carbocycles. The Morgan fingerprint density at radius 3 is 2.88 bits per heavy atom. The van der Waals surface area contributed by atoms with Crippen molar-refractivity contribution in [1.29, 1.82) is 0 Å². The minimum atomic E-state index is -0.144. The minimum Gasteiger partial charge on any atom is -0.371 e. The van der Waals surface area contributed by atoms with Crippen LogP contribution in [0.1, 0.15) is 29.8 Å². The second kappa shape index (κ2) is 6.69. The van der Waals surface area contributed by atoms with E-state index in [0.717, 1.165) is 32.0 Å². The van der Waals surface area contributed by atoms with Crippen LogP contribution in [0.3, 0.4) is 0 Å². The first-order valence-corrected chi connectivity index (χ1v) is 10.0. The van der Waals surface area contributed by atoms with Gasteiger partial charge in [0.05, 0.1) is 31.3 Å². The van der Waals surface area contributed by atoms with Crippen LogP contribution in [-0.2, 0) is 11.8 Å². The number of aromatic nitrogens is 2. The summed E-state index contributed by atoms with van der Waals surface area (Å²) in [5.74, 6) is 2.65. The number of likely N-dealkylation sites (tertiary alicyclic amines) is 1. The van der Waals surface area contributed by atoms with Crippen molar-refractivity contribution in [2.24, 2.45) is 7.05 Å². The fraction of sp³-hybridized carbons (Fsp3) is 0.765. The van der Waals surface area contributed by atoms with Gasteiger partial charge >= 0.3 is 0 Å². The van der Waals surface area contributed by atoms with Gasteiger partial charge < -0.3 is 14.2 Å². The van der Waals surface area contributed by atoms with Gasteiger partial charge in [-0.3, -0.25) is 9.69 Å². The second-order valence-electron chi connectivity index (χ2n) is 7.20. The SMILES string of the molecule is Cn1cncc1C(=O)N1CCOC2(CCN(C3CCSC3)CC2)C1. The molecule has 0 radical (unpaired) electrons. The van der Waals surface area contributed by atoms with Gasteiger partial charge in [-0.25, -0.2) is 4.98 Å². The largest absolute Gasteiger partial charge is 0.371 e. The highest BCUT2D eigenvalue weighted by molar-refractivity contribution is 7.99. The molecule has 4 rings (SSSR count). The van der Waals surface area contributed by atoms with Gasteiger partial charge in [-0.05, 0) is 25.0 Å². The lowest BCUT2D eigenvalue weighted by Crippen LogP contribution is -2.59. The standard InChI is InChI=1S/C17H26N4O2S/c1-19-13-18-10-15(19)16(22)21-7-8-23-17(12-21)3-5-20(6-4-17)14-2-9-24-11-14/h10,13-14H,2-9,11-12H2,1H3. The van der Waals surface area contributed by atoms with Crippen LogP contribution in [0.5, 0.6) is 0 Å².